The first kappa shape index (κ1) is 14.2. The molecule has 5 atom stereocenters. The zero-order valence-corrected chi connectivity index (χ0v) is 13.9. The maximum Gasteiger partial charge on any atom is -0.00197 e. The molecule has 0 unspecified atom stereocenters. The van der Waals surface area contributed by atoms with Crippen molar-refractivity contribution in [2.45, 2.75) is 60.3 Å². The molecule has 0 heteroatoms. The van der Waals surface area contributed by atoms with Crippen molar-refractivity contribution in [3.8, 4) is 0 Å². The van der Waals surface area contributed by atoms with Crippen LogP contribution in [0.5, 0.6) is 0 Å². The number of rotatable bonds is 3. The van der Waals surface area contributed by atoms with Gasteiger partial charge in [-0.25, -0.2) is 0 Å². The van der Waals surface area contributed by atoms with Crippen molar-refractivity contribution >= 4 is 0 Å². The van der Waals surface area contributed by atoms with E-state index in [4.69, 9.17) is 0 Å². The minimum atomic E-state index is 0.633. The minimum absolute atomic E-state index is 0.633. The van der Waals surface area contributed by atoms with Crippen LogP contribution in [0.25, 0.3) is 0 Å². The van der Waals surface area contributed by atoms with Crippen molar-refractivity contribution in [1.29, 1.82) is 0 Å². The van der Waals surface area contributed by atoms with Gasteiger partial charge in [0.15, 0.2) is 0 Å². The van der Waals surface area contributed by atoms with E-state index in [1.807, 2.05) is 0 Å². The molecule has 0 aromatic heterocycles. The molecule has 0 aliphatic heterocycles. The van der Waals surface area contributed by atoms with Crippen molar-refractivity contribution in [2.75, 3.05) is 0 Å². The van der Waals surface area contributed by atoms with Gasteiger partial charge in [0.25, 0.3) is 0 Å². The lowest BCUT2D eigenvalue weighted by molar-refractivity contribution is 0.357. The first-order valence-corrected chi connectivity index (χ1v) is 8.45. The third-order valence-corrected chi connectivity index (χ3v) is 6.49. The van der Waals surface area contributed by atoms with Gasteiger partial charge in [-0.15, -0.1) is 0 Å². The van der Waals surface area contributed by atoms with Crippen molar-refractivity contribution in [1.82, 2.24) is 0 Å². The Morgan fingerprint density at radius 1 is 1.25 bits per heavy atom. The lowest BCUT2D eigenvalue weighted by Gasteiger charge is -2.28. The summed E-state index contributed by atoms with van der Waals surface area (Å²) in [5, 5.41) is 0. The third kappa shape index (κ3) is 1.95. The summed E-state index contributed by atoms with van der Waals surface area (Å²) in [4.78, 5) is 0. The molecule has 0 N–H and O–H groups in total. The average molecular weight is 270 g/mol. The van der Waals surface area contributed by atoms with Gasteiger partial charge < -0.3 is 0 Å². The molecule has 2 saturated carbocycles. The molecule has 110 valence electrons. The fraction of sp³-hybridized carbons (Fsp3) is 0.700. The molecule has 3 aliphatic rings. The van der Waals surface area contributed by atoms with Gasteiger partial charge in [0.2, 0.25) is 0 Å². The summed E-state index contributed by atoms with van der Waals surface area (Å²) < 4.78 is 0. The number of hydrogen-bond acceptors (Lipinski definition) is 0. The highest BCUT2D eigenvalue weighted by Crippen LogP contribution is 2.78. The van der Waals surface area contributed by atoms with Crippen molar-refractivity contribution in [3.63, 3.8) is 0 Å². The Labute approximate surface area is 125 Å². The fourth-order valence-electron chi connectivity index (χ4n) is 5.41. The minimum Gasteiger partial charge on any atom is -0.0844 e. The molecule has 0 saturated heterocycles. The summed E-state index contributed by atoms with van der Waals surface area (Å²) >= 11 is 0. The molecule has 0 heterocycles. The van der Waals surface area contributed by atoms with E-state index in [1.165, 1.54) is 24.8 Å². The molecule has 1 spiro atoms. The molecule has 0 amide bonds. The van der Waals surface area contributed by atoms with Gasteiger partial charge in [-0.2, -0.15) is 0 Å². The van der Waals surface area contributed by atoms with Crippen LogP contribution in [0.1, 0.15) is 60.3 Å². The first-order chi connectivity index (χ1) is 9.48. The Bertz CT molecular complexity index is 486. The molecule has 3 rings (SSSR count). The van der Waals surface area contributed by atoms with E-state index in [1.54, 1.807) is 11.1 Å². The largest absolute Gasteiger partial charge is 0.0844 e. The zero-order valence-electron chi connectivity index (χ0n) is 13.9. The van der Waals surface area contributed by atoms with Gasteiger partial charge >= 0.3 is 0 Å². The molecule has 0 aromatic carbocycles. The van der Waals surface area contributed by atoms with Crippen LogP contribution in [0, 0.1) is 29.1 Å². The smallest absolute Gasteiger partial charge is 0.00197 e. The van der Waals surface area contributed by atoms with Crippen LogP contribution >= 0.6 is 0 Å². The summed E-state index contributed by atoms with van der Waals surface area (Å²) in [7, 11) is 0. The van der Waals surface area contributed by atoms with E-state index in [2.05, 4.69) is 52.8 Å². The van der Waals surface area contributed by atoms with Crippen LogP contribution < -0.4 is 0 Å². The Morgan fingerprint density at radius 3 is 2.70 bits per heavy atom. The maximum atomic E-state index is 2.57. The Kier molecular flexibility index (Phi) is 3.47. The van der Waals surface area contributed by atoms with Crippen LogP contribution in [-0.2, 0) is 0 Å². The third-order valence-electron chi connectivity index (χ3n) is 6.49. The van der Waals surface area contributed by atoms with Crippen molar-refractivity contribution < 1.29 is 0 Å². The Hall–Kier alpha value is -0.780. The number of fused-ring (bicyclic) bond motifs is 1. The van der Waals surface area contributed by atoms with E-state index in [9.17, 15) is 0 Å². The lowest BCUT2D eigenvalue weighted by atomic mass is 9.76. The van der Waals surface area contributed by atoms with Crippen LogP contribution in [0.2, 0.25) is 0 Å². The fourth-order valence-corrected chi connectivity index (χ4v) is 5.41. The second-order valence-corrected chi connectivity index (χ2v) is 7.80. The van der Waals surface area contributed by atoms with E-state index in [0.29, 0.717) is 5.41 Å². The number of allylic oxidation sites excluding steroid dienone is 6. The van der Waals surface area contributed by atoms with Crippen LogP contribution in [0.3, 0.4) is 0 Å². The molecule has 0 nitrogen and oxygen atoms in total. The highest BCUT2D eigenvalue weighted by atomic mass is 14.8. The van der Waals surface area contributed by atoms with Crippen LogP contribution in [0.4, 0.5) is 0 Å². The molecule has 20 heavy (non-hydrogen) atoms. The van der Waals surface area contributed by atoms with E-state index >= 15 is 0 Å². The van der Waals surface area contributed by atoms with Crippen LogP contribution in [0.15, 0.2) is 34.9 Å². The maximum absolute atomic E-state index is 2.57. The van der Waals surface area contributed by atoms with Gasteiger partial charge in [-0.05, 0) is 82.5 Å². The topological polar surface area (TPSA) is 0 Å². The van der Waals surface area contributed by atoms with Gasteiger partial charge in [0.05, 0.1) is 0 Å². The monoisotopic (exact) mass is 270 g/mol. The SMILES string of the molecule is CC(C)=CC/C=C(/C)[C@H]1CC=C(C)[C@]23CC[C@@H](C)[C@H]2[C@H]13. The highest BCUT2D eigenvalue weighted by Gasteiger charge is 2.72. The number of hydrogen-bond donors (Lipinski definition) is 0. The molecule has 0 aromatic rings. The normalized spacial score (nSPS) is 42.6. The van der Waals surface area contributed by atoms with Crippen LogP contribution in [-0.4, -0.2) is 0 Å². The standard InChI is InChI=1S/C20H30/c1-13(2)7-6-8-14(3)17-10-9-16(5)20-12-11-15(4)18(20)19(17)20/h7-9,15,17-19H,6,10-12H2,1-5H3/b14-8-/t15-,17-,18+,19+,20-/m1/s1. The first-order valence-electron chi connectivity index (χ1n) is 8.45. The summed E-state index contributed by atoms with van der Waals surface area (Å²) in [5.74, 6) is 3.75. The van der Waals surface area contributed by atoms with Crippen molar-refractivity contribution in [3.05, 3.63) is 34.9 Å². The lowest BCUT2D eigenvalue weighted by Crippen LogP contribution is -2.18. The van der Waals surface area contributed by atoms with E-state index < -0.39 is 0 Å². The molecule has 0 radical (unpaired) electrons. The quantitative estimate of drug-likeness (QED) is 0.559. The summed E-state index contributed by atoms with van der Waals surface area (Å²) in [6.07, 6.45) is 12.7. The van der Waals surface area contributed by atoms with Gasteiger partial charge in [0, 0.05) is 0 Å². The summed E-state index contributed by atoms with van der Waals surface area (Å²) in [6.45, 7) is 11.7. The average Bonchev–Trinajstić information content (AvgIpc) is 2.96. The predicted octanol–water partition coefficient (Wildman–Crippen LogP) is 5.92. The van der Waals surface area contributed by atoms with Gasteiger partial charge in [0.1, 0.15) is 0 Å². The van der Waals surface area contributed by atoms with Crippen molar-refractivity contribution in [2.24, 2.45) is 29.1 Å². The van der Waals surface area contributed by atoms with E-state index in [0.717, 1.165) is 30.1 Å². The second kappa shape index (κ2) is 4.90. The summed E-state index contributed by atoms with van der Waals surface area (Å²) in [6, 6.07) is 0. The molecule has 3 aliphatic carbocycles. The Morgan fingerprint density at radius 2 is 2.00 bits per heavy atom. The molecule has 0 bridgehead atoms. The second-order valence-electron chi connectivity index (χ2n) is 7.80. The molecular formula is C20H30. The Balaban J connectivity index is 1.79. The molecular weight excluding hydrogens is 240 g/mol. The zero-order chi connectivity index (χ0) is 14.5. The summed E-state index contributed by atoms with van der Waals surface area (Å²) in [5.41, 5.74) is 5.44. The van der Waals surface area contributed by atoms with Gasteiger partial charge in [-0.3, -0.25) is 0 Å². The van der Waals surface area contributed by atoms with E-state index in [-0.39, 0.29) is 0 Å². The highest BCUT2D eigenvalue weighted by molar-refractivity contribution is 5.38. The molecule has 2 fully saturated rings. The predicted molar refractivity (Wildman–Crippen MR) is 87.5 cm³/mol. The van der Waals surface area contributed by atoms with Gasteiger partial charge in [-0.1, -0.05) is 41.9 Å².